The van der Waals surface area contributed by atoms with E-state index >= 15 is 0 Å². The van der Waals surface area contributed by atoms with Gasteiger partial charge in [0.15, 0.2) is 0 Å². The Hall–Kier alpha value is -1.24. The summed E-state index contributed by atoms with van der Waals surface area (Å²) in [6, 6.07) is 1.29. The number of likely N-dealkylation sites (N-methyl/N-ethyl adjacent to an activating group) is 2. The first-order chi connectivity index (χ1) is 27.0. The van der Waals surface area contributed by atoms with Crippen LogP contribution in [0.3, 0.4) is 0 Å². The Bertz CT molecular complexity index is 860. The van der Waals surface area contributed by atoms with Gasteiger partial charge < -0.3 is 15.1 Å². The molecule has 0 aromatic carbocycles. The van der Waals surface area contributed by atoms with Crippen molar-refractivity contribution < 1.29 is 0 Å². The van der Waals surface area contributed by atoms with Gasteiger partial charge in [-0.2, -0.15) is 0 Å². The van der Waals surface area contributed by atoms with Crippen LogP contribution in [0.5, 0.6) is 0 Å². The van der Waals surface area contributed by atoms with Crippen molar-refractivity contribution in [3.05, 3.63) is 48.6 Å². The molecule has 0 aliphatic carbocycles. The molecule has 0 bridgehead atoms. The lowest BCUT2D eigenvalue weighted by molar-refractivity contribution is 0.0635. The quantitative estimate of drug-likeness (QED) is 0.0496. The van der Waals surface area contributed by atoms with Crippen molar-refractivity contribution in [1.29, 1.82) is 0 Å². The number of piperazine rings is 1. The Morgan fingerprint density at radius 3 is 1.38 bits per heavy atom. The predicted molar refractivity (Wildman–Crippen MR) is 249 cm³/mol. The molecule has 0 amide bonds. The van der Waals surface area contributed by atoms with Crippen LogP contribution in [0, 0.1) is 0 Å². The topological polar surface area (TPSA) is 25.0 Å². The van der Waals surface area contributed by atoms with Crippen LogP contribution in [0.1, 0.15) is 181 Å². The lowest BCUT2D eigenvalue weighted by Crippen LogP contribution is -2.58. The standard InChI is InChI=1S/C50H97N5/c1-7-9-11-13-15-17-19-21-23-25-27-29-31-33-35-37-39-49(40-38-36-34-32-30-28-26-24-22-20-18-16-14-12-10-8-2)51-47-50-48-54(43-41-52(3)4)44-46-55(50)45-42-53(5)6/h15-18,21-24,49-51H,7-14,19-20,25-48H2,1-6H3/b17-15-,18-16-,23-21-,24-22-. The summed E-state index contributed by atoms with van der Waals surface area (Å²) in [5.41, 5.74) is 0. The number of nitrogens with zero attached hydrogens (tertiary/aromatic N) is 4. The Labute approximate surface area is 345 Å². The summed E-state index contributed by atoms with van der Waals surface area (Å²) in [5, 5.41) is 4.18. The summed E-state index contributed by atoms with van der Waals surface area (Å²) in [6.07, 6.45) is 53.7. The normalized spacial score (nSPS) is 16.3. The summed E-state index contributed by atoms with van der Waals surface area (Å²) >= 11 is 0. The van der Waals surface area contributed by atoms with E-state index in [0.29, 0.717) is 12.1 Å². The average Bonchev–Trinajstić information content (AvgIpc) is 3.17. The molecule has 0 saturated carbocycles. The highest BCUT2D eigenvalue weighted by Gasteiger charge is 2.27. The van der Waals surface area contributed by atoms with Crippen LogP contribution >= 0.6 is 0 Å². The van der Waals surface area contributed by atoms with Gasteiger partial charge in [0.2, 0.25) is 0 Å². The monoisotopic (exact) mass is 768 g/mol. The maximum absolute atomic E-state index is 4.18. The van der Waals surface area contributed by atoms with Gasteiger partial charge in [0.25, 0.3) is 0 Å². The van der Waals surface area contributed by atoms with E-state index in [1.807, 2.05) is 0 Å². The molecule has 1 saturated heterocycles. The molecule has 1 N–H and O–H groups in total. The number of allylic oxidation sites excluding steroid dienone is 8. The lowest BCUT2D eigenvalue weighted by Gasteiger charge is -2.42. The number of rotatable bonds is 39. The van der Waals surface area contributed by atoms with E-state index in [0.717, 1.165) is 32.5 Å². The summed E-state index contributed by atoms with van der Waals surface area (Å²) in [7, 11) is 8.85. The van der Waals surface area contributed by atoms with E-state index < -0.39 is 0 Å². The molecule has 1 fully saturated rings. The van der Waals surface area contributed by atoms with E-state index in [1.54, 1.807) is 0 Å². The van der Waals surface area contributed by atoms with Crippen molar-refractivity contribution in [1.82, 2.24) is 24.9 Å². The Kier molecular flexibility index (Phi) is 37.3. The zero-order valence-electron chi connectivity index (χ0n) is 38.1. The third-order valence-corrected chi connectivity index (χ3v) is 11.5. The van der Waals surface area contributed by atoms with Crippen molar-refractivity contribution in [2.75, 3.05) is 80.5 Å². The molecule has 1 aliphatic heterocycles. The molecule has 0 aromatic heterocycles. The molecule has 0 aromatic rings. The molecule has 1 aliphatic rings. The van der Waals surface area contributed by atoms with Crippen LogP contribution in [0.4, 0.5) is 0 Å². The third-order valence-electron chi connectivity index (χ3n) is 11.5. The summed E-state index contributed by atoms with van der Waals surface area (Å²) in [6.45, 7) is 14.0. The van der Waals surface area contributed by atoms with Gasteiger partial charge in [-0.05, 0) is 105 Å². The molecule has 1 rings (SSSR count). The molecule has 1 unspecified atom stereocenters. The molecule has 0 radical (unpaired) electrons. The summed E-state index contributed by atoms with van der Waals surface area (Å²) in [5.74, 6) is 0. The first-order valence-electron chi connectivity index (χ1n) is 24.0. The second kappa shape index (κ2) is 39.6. The third kappa shape index (κ3) is 34.5. The van der Waals surface area contributed by atoms with Crippen molar-refractivity contribution in [3.63, 3.8) is 0 Å². The fraction of sp³-hybridized carbons (Fsp3) is 0.840. The Morgan fingerprint density at radius 2 is 0.927 bits per heavy atom. The van der Waals surface area contributed by atoms with Crippen LogP contribution in [0.25, 0.3) is 0 Å². The predicted octanol–water partition coefficient (Wildman–Crippen LogP) is 12.5. The van der Waals surface area contributed by atoms with Gasteiger partial charge in [-0.15, -0.1) is 0 Å². The first kappa shape index (κ1) is 51.8. The van der Waals surface area contributed by atoms with E-state index in [9.17, 15) is 0 Å². The van der Waals surface area contributed by atoms with Crippen molar-refractivity contribution >= 4 is 0 Å². The fourth-order valence-electron chi connectivity index (χ4n) is 7.73. The van der Waals surface area contributed by atoms with Crippen LogP contribution in [0.2, 0.25) is 0 Å². The molecular formula is C50H97N5. The minimum absolute atomic E-state index is 0.616. The highest BCUT2D eigenvalue weighted by atomic mass is 15.3. The van der Waals surface area contributed by atoms with Crippen molar-refractivity contribution in [2.45, 2.75) is 193 Å². The van der Waals surface area contributed by atoms with Gasteiger partial charge in [0, 0.05) is 64.4 Å². The Morgan fingerprint density at radius 1 is 0.509 bits per heavy atom. The fourth-order valence-corrected chi connectivity index (χ4v) is 7.73. The van der Waals surface area contributed by atoms with Gasteiger partial charge in [0.1, 0.15) is 0 Å². The van der Waals surface area contributed by atoms with Gasteiger partial charge in [-0.3, -0.25) is 9.80 Å². The maximum atomic E-state index is 4.18. The number of hydrogen-bond donors (Lipinski definition) is 1. The molecular weight excluding hydrogens is 671 g/mol. The van der Waals surface area contributed by atoms with E-state index in [4.69, 9.17) is 0 Å². The van der Waals surface area contributed by atoms with Crippen LogP contribution in [-0.4, -0.2) is 112 Å². The van der Waals surface area contributed by atoms with E-state index in [-0.39, 0.29) is 0 Å². The zero-order valence-corrected chi connectivity index (χ0v) is 38.1. The molecule has 55 heavy (non-hydrogen) atoms. The lowest BCUT2D eigenvalue weighted by atomic mass is 9.99. The summed E-state index contributed by atoms with van der Waals surface area (Å²) < 4.78 is 0. The highest BCUT2D eigenvalue weighted by Crippen LogP contribution is 2.17. The smallest absolute Gasteiger partial charge is 0.0349 e. The SMILES string of the molecule is CCCCC/C=C\C/C=C\CCCCCCCCC(CCCCCCCC/C=C\C/C=C\CCCCC)NCC1CN(CCN(C)C)CCN1CCN(C)C. The largest absolute Gasteiger partial charge is 0.312 e. The van der Waals surface area contributed by atoms with Gasteiger partial charge >= 0.3 is 0 Å². The van der Waals surface area contributed by atoms with Crippen LogP contribution in [-0.2, 0) is 0 Å². The highest BCUT2D eigenvalue weighted by molar-refractivity contribution is 4.93. The second-order valence-corrected chi connectivity index (χ2v) is 17.4. The number of unbranched alkanes of at least 4 members (excludes halogenated alkanes) is 18. The van der Waals surface area contributed by atoms with Crippen LogP contribution < -0.4 is 5.32 Å². The second-order valence-electron chi connectivity index (χ2n) is 17.4. The first-order valence-corrected chi connectivity index (χ1v) is 24.0. The molecule has 0 spiro atoms. The zero-order chi connectivity index (χ0) is 39.9. The van der Waals surface area contributed by atoms with Gasteiger partial charge in [-0.25, -0.2) is 0 Å². The van der Waals surface area contributed by atoms with E-state index in [1.165, 1.54) is 187 Å². The molecule has 5 nitrogen and oxygen atoms in total. The number of nitrogens with one attached hydrogen (secondary N) is 1. The maximum Gasteiger partial charge on any atom is 0.0349 e. The Balaban J connectivity index is 2.44. The van der Waals surface area contributed by atoms with E-state index in [2.05, 4.69) is 116 Å². The van der Waals surface area contributed by atoms with Crippen molar-refractivity contribution in [3.8, 4) is 0 Å². The summed E-state index contributed by atoms with van der Waals surface area (Å²) in [4.78, 5) is 10.2. The van der Waals surface area contributed by atoms with Gasteiger partial charge in [0.05, 0.1) is 0 Å². The van der Waals surface area contributed by atoms with Crippen molar-refractivity contribution in [2.24, 2.45) is 0 Å². The minimum atomic E-state index is 0.616. The molecule has 1 heterocycles. The molecule has 1 atom stereocenters. The molecule has 5 heteroatoms. The number of hydrogen-bond acceptors (Lipinski definition) is 5. The van der Waals surface area contributed by atoms with Gasteiger partial charge in [-0.1, -0.05) is 152 Å². The molecule has 322 valence electrons. The average molecular weight is 768 g/mol. The minimum Gasteiger partial charge on any atom is -0.312 e. The van der Waals surface area contributed by atoms with Crippen LogP contribution in [0.15, 0.2) is 48.6 Å².